The number of carbonyl (C=O) groups excluding carboxylic acids is 2. The van der Waals surface area contributed by atoms with Gasteiger partial charge in [0, 0.05) is 17.2 Å². The zero-order valence-corrected chi connectivity index (χ0v) is 19.3. The molecule has 0 radical (unpaired) electrons. The summed E-state index contributed by atoms with van der Waals surface area (Å²) in [4.78, 5) is 26.5. The lowest BCUT2D eigenvalue weighted by Gasteiger charge is -2.24. The Morgan fingerprint density at radius 1 is 0.971 bits per heavy atom. The van der Waals surface area contributed by atoms with E-state index in [1.807, 2.05) is 56.6 Å². The van der Waals surface area contributed by atoms with Gasteiger partial charge in [0.15, 0.2) is 0 Å². The number of nitrogens with zero attached hydrogens (tertiary/aromatic N) is 4. The Labute approximate surface area is 197 Å². The highest BCUT2D eigenvalue weighted by molar-refractivity contribution is 6.06. The monoisotopic (exact) mass is 461 g/mol. The summed E-state index contributed by atoms with van der Waals surface area (Å²) in [5.74, 6) is -1.13. The minimum atomic E-state index is -1.08. The number of anilines is 1. The Morgan fingerprint density at radius 2 is 1.53 bits per heavy atom. The lowest BCUT2D eigenvalue weighted by Crippen LogP contribution is -3.06. The molecule has 9 heteroatoms. The van der Waals surface area contributed by atoms with Crippen LogP contribution in [0.4, 0.5) is 5.69 Å². The number of carbonyl (C=O) groups is 2. The van der Waals surface area contributed by atoms with Gasteiger partial charge < -0.3 is 24.8 Å². The molecule has 0 bridgehead atoms. The number of aliphatic carboxylic acids is 1. The highest BCUT2D eigenvalue weighted by Crippen LogP contribution is 2.28. The molecule has 0 aliphatic rings. The van der Waals surface area contributed by atoms with E-state index in [2.05, 4.69) is 10.2 Å². The second-order valence-electron chi connectivity index (χ2n) is 7.92. The number of phenolic OH excluding ortho intramolecular Hbond substituents is 1. The lowest BCUT2D eigenvalue weighted by atomic mass is 10.1. The van der Waals surface area contributed by atoms with E-state index >= 15 is 0 Å². The number of hydrogen-bond donors (Lipinski definition) is 2. The molecule has 0 saturated heterocycles. The fourth-order valence-corrected chi connectivity index (χ4v) is 3.23. The van der Waals surface area contributed by atoms with Crippen LogP contribution in [0.5, 0.6) is 5.75 Å². The standard InChI is InChI=1S/C23H23N5O2.C2H4O2/c1-26(2)14-15-27(23(30)17-8-4-3-5-9-17)18-12-13-22(29)21(16-18)28-24-19-10-6-7-11-20(19)25-28;1-2(3)4/h3-13,16,29H,14-15H2,1-2H3;1H3,(H,3,4). The maximum Gasteiger partial charge on any atom is 0.258 e. The number of aromatic hydroxyl groups is 1. The van der Waals surface area contributed by atoms with Crippen molar-refractivity contribution in [3.63, 3.8) is 0 Å². The maximum atomic E-state index is 13.2. The molecule has 0 spiro atoms. The number of benzene rings is 3. The highest BCUT2D eigenvalue weighted by atomic mass is 16.4. The van der Waals surface area contributed by atoms with Gasteiger partial charge in [0.25, 0.3) is 5.91 Å². The number of quaternary nitrogens is 1. The molecule has 0 atom stereocenters. The molecule has 0 saturated carbocycles. The van der Waals surface area contributed by atoms with Crippen molar-refractivity contribution < 1.29 is 24.7 Å². The number of amides is 1. The summed E-state index contributed by atoms with van der Waals surface area (Å²) in [5, 5.41) is 28.3. The van der Waals surface area contributed by atoms with Gasteiger partial charge in [0.2, 0.25) is 0 Å². The van der Waals surface area contributed by atoms with Crippen LogP contribution in [0.2, 0.25) is 0 Å². The van der Waals surface area contributed by atoms with E-state index in [4.69, 9.17) is 9.90 Å². The van der Waals surface area contributed by atoms with Crippen LogP contribution in [0.25, 0.3) is 16.7 Å². The van der Waals surface area contributed by atoms with Gasteiger partial charge in [-0.15, -0.1) is 15.0 Å². The van der Waals surface area contributed by atoms with Crippen molar-refractivity contribution in [3.05, 3.63) is 78.4 Å². The summed E-state index contributed by atoms with van der Waals surface area (Å²) in [6.45, 7) is 2.29. The van der Waals surface area contributed by atoms with E-state index in [9.17, 15) is 9.90 Å². The molecule has 3 aromatic carbocycles. The normalized spacial score (nSPS) is 10.6. The summed E-state index contributed by atoms with van der Waals surface area (Å²) in [5.41, 5.74) is 3.18. The highest BCUT2D eigenvalue weighted by Gasteiger charge is 2.20. The number of likely N-dealkylation sites (N-methyl/N-ethyl adjacent to an activating group) is 1. The third-order valence-corrected chi connectivity index (χ3v) is 4.87. The second-order valence-corrected chi connectivity index (χ2v) is 7.92. The van der Waals surface area contributed by atoms with Gasteiger partial charge in [-0.3, -0.25) is 4.79 Å². The SMILES string of the molecule is CC(=O)[O-].C[NH+](C)CCN(C(=O)c1ccccc1)c1ccc(O)c(-n2nc3ccccc3n2)c1. The van der Waals surface area contributed by atoms with Gasteiger partial charge in [0.1, 0.15) is 22.5 Å². The molecule has 1 aromatic heterocycles. The van der Waals surface area contributed by atoms with Crippen molar-refractivity contribution in [2.45, 2.75) is 6.92 Å². The Bertz CT molecular complexity index is 1230. The first-order valence-corrected chi connectivity index (χ1v) is 10.7. The summed E-state index contributed by atoms with van der Waals surface area (Å²) in [6, 6.07) is 21.8. The quantitative estimate of drug-likeness (QED) is 0.436. The van der Waals surface area contributed by atoms with Gasteiger partial charge in [-0.25, -0.2) is 0 Å². The Kier molecular flexibility index (Phi) is 7.94. The third kappa shape index (κ3) is 6.17. The molecule has 0 unspecified atom stereocenters. The van der Waals surface area contributed by atoms with E-state index in [1.54, 1.807) is 35.2 Å². The van der Waals surface area contributed by atoms with Crippen molar-refractivity contribution in [1.82, 2.24) is 15.0 Å². The number of carboxylic acid groups (broad SMARTS) is 1. The van der Waals surface area contributed by atoms with Crippen molar-refractivity contribution in [2.24, 2.45) is 0 Å². The van der Waals surface area contributed by atoms with Crippen LogP contribution < -0.4 is 14.9 Å². The molecule has 0 aliphatic carbocycles. The van der Waals surface area contributed by atoms with Crippen LogP contribution in [-0.4, -0.2) is 59.2 Å². The van der Waals surface area contributed by atoms with E-state index in [1.165, 1.54) is 9.70 Å². The minimum Gasteiger partial charge on any atom is -0.550 e. The van der Waals surface area contributed by atoms with E-state index < -0.39 is 5.97 Å². The average molecular weight is 462 g/mol. The van der Waals surface area contributed by atoms with Gasteiger partial charge in [-0.1, -0.05) is 30.3 Å². The van der Waals surface area contributed by atoms with Crippen molar-refractivity contribution in [3.8, 4) is 11.4 Å². The minimum absolute atomic E-state index is 0.0457. The molecule has 2 N–H and O–H groups in total. The predicted molar refractivity (Wildman–Crippen MR) is 127 cm³/mol. The largest absolute Gasteiger partial charge is 0.550 e. The van der Waals surface area contributed by atoms with E-state index in [0.717, 1.165) is 24.5 Å². The maximum absolute atomic E-state index is 13.2. The fraction of sp³-hybridized carbons (Fsp3) is 0.200. The molecule has 1 heterocycles. The topological polar surface area (TPSA) is 116 Å². The summed E-state index contributed by atoms with van der Waals surface area (Å²) in [7, 11) is 4.10. The van der Waals surface area contributed by atoms with Gasteiger partial charge >= 0.3 is 0 Å². The first-order chi connectivity index (χ1) is 16.3. The second kappa shape index (κ2) is 11.1. The van der Waals surface area contributed by atoms with Crippen LogP contribution in [0.3, 0.4) is 0 Å². The summed E-state index contributed by atoms with van der Waals surface area (Å²) >= 11 is 0. The van der Waals surface area contributed by atoms with Gasteiger partial charge in [0.05, 0.1) is 27.2 Å². The van der Waals surface area contributed by atoms with Crippen LogP contribution in [0.1, 0.15) is 17.3 Å². The molecule has 0 fully saturated rings. The number of hydrogen-bond acceptors (Lipinski definition) is 6. The molecule has 34 heavy (non-hydrogen) atoms. The summed E-state index contributed by atoms with van der Waals surface area (Å²) in [6.07, 6.45) is 0. The van der Waals surface area contributed by atoms with Crippen molar-refractivity contribution >= 4 is 28.6 Å². The average Bonchev–Trinajstić information content (AvgIpc) is 3.24. The van der Waals surface area contributed by atoms with E-state index in [0.29, 0.717) is 23.5 Å². The number of carboxylic acids is 1. The molecule has 1 amide bonds. The van der Waals surface area contributed by atoms with Crippen LogP contribution in [0, 0.1) is 0 Å². The molecule has 4 rings (SSSR count). The molecular weight excluding hydrogens is 434 g/mol. The fourth-order valence-electron chi connectivity index (χ4n) is 3.23. The first-order valence-electron chi connectivity index (χ1n) is 10.7. The molecular formula is C25H27N5O4. The Hall–Kier alpha value is -4.24. The van der Waals surface area contributed by atoms with Crippen molar-refractivity contribution in [1.29, 1.82) is 0 Å². The van der Waals surface area contributed by atoms with Gasteiger partial charge in [-0.05, 0) is 49.4 Å². The number of phenols is 1. The lowest BCUT2D eigenvalue weighted by molar-refractivity contribution is -0.856. The zero-order valence-electron chi connectivity index (χ0n) is 19.3. The van der Waals surface area contributed by atoms with Crippen LogP contribution in [0.15, 0.2) is 72.8 Å². The molecule has 176 valence electrons. The van der Waals surface area contributed by atoms with Gasteiger partial charge in [-0.2, -0.15) is 0 Å². The number of fused-ring (bicyclic) bond motifs is 1. The zero-order chi connectivity index (χ0) is 24.7. The smallest absolute Gasteiger partial charge is 0.258 e. The third-order valence-electron chi connectivity index (χ3n) is 4.87. The molecule has 4 aromatic rings. The number of aromatic nitrogens is 3. The van der Waals surface area contributed by atoms with Crippen LogP contribution >= 0.6 is 0 Å². The van der Waals surface area contributed by atoms with E-state index in [-0.39, 0.29) is 11.7 Å². The Morgan fingerprint density at radius 3 is 2.09 bits per heavy atom. The number of nitrogens with one attached hydrogen (secondary N) is 1. The Balaban J connectivity index is 0.000000751. The predicted octanol–water partition coefficient (Wildman–Crippen LogP) is 0.674. The molecule has 9 nitrogen and oxygen atoms in total. The van der Waals surface area contributed by atoms with Crippen molar-refractivity contribution in [2.75, 3.05) is 32.1 Å². The first kappa shape index (κ1) is 24.4. The summed E-state index contributed by atoms with van der Waals surface area (Å²) < 4.78 is 0. The number of rotatable bonds is 6. The van der Waals surface area contributed by atoms with Crippen LogP contribution in [-0.2, 0) is 4.79 Å². The molecule has 0 aliphatic heterocycles.